The number of sulfonamides is 1. The van der Waals surface area contributed by atoms with Gasteiger partial charge in [0.05, 0.1) is 16.6 Å². The van der Waals surface area contributed by atoms with Gasteiger partial charge in [0.1, 0.15) is 5.40 Å². The molecule has 0 aliphatic rings. The first-order chi connectivity index (χ1) is 11.2. The average Bonchev–Trinajstić information content (AvgIpc) is 2.51. The number of hydrogen-bond acceptors (Lipinski definition) is 6. The molecule has 0 spiro atoms. The summed E-state index contributed by atoms with van der Waals surface area (Å²) < 4.78 is 27.5. The van der Waals surface area contributed by atoms with Gasteiger partial charge in [0.25, 0.3) is 10.0 Å². The molecule has 0 unspecified atom stereocenters. The second-order valence-corrected chi connectivity index (χ2v) is 7.59. The Kier molecular flexibility index (Phi) is 5.17. The molecular formula is C16H13N2O4S2-. The Morgan fingerprint density at radius 3 is 2.38 bits per heavy atom. The van der Waals surface area contributed by atoms with Crippen LogP contribution in [0.25, 0.3) is 0 Å². The Bertz CT molecular complexity index is 924. The van der Waals surface area contributed by atoms with E-state index in [2.05, 4.69) is 4.72 Å². The summed E-state index contributed by atoms with van der Waals surface area (Å²) in [6.07, 6.45) is 0. The van der Waals surface area contributed by atoms with Gasteiger partial charge in [-0.2, -0.15) is 5.26 Å². The minimum Gasteiger partial charge on any atom is -0.545 e. The number of nitrogens with zero attached hydrogens (tertiary/aromatic N) is 1. The number of aryl methyl sites for hydroxylation is 2. The number of carbonyl (C=O) groups is 1. The van der Waals surface area contributed by atoms with Gasteiger partial charge < -0.3 is 9.90 Å². The molecule has 8 heteroatoms. The van der Waals surface area contributed by atoms with Crippen molar-refractivity contribution >= 4 is 33.4 Å². The molecule has 0 aliphatic carbocycles. The minimum atomic E-state index is -3.95. The van der Waals surface area contributed by atoms with Gasteiger partial charge in [-0.3, -0.25) is 4.72 Å². The van der Waals surface area contributed by atoms with Gasteiger partial charge in [-0.15, -0.1) is 0 Å². The van der Waals surface area contributed by atoms with E-state index in [0.717, 1.165) is 22.7 Å². The van der Waals surface area contributed by atoms with Crippen LogP contribution in [0.2, 0.25) is 0 Å². The second-order valence-electron chi connectivity index (χ2n) is 5.05. The summed E-state index contributed by atoms with van der Waals surface area (Å²) in [6.45, 7) is 3.45. The highest BCUT2D eigenvalue weighted by molar-refractivity contribution is 8.03. The summed E-state index contributed by atoms with van der Waals surface area (Å²) in [5.74, 6) is -1.45. The lowest BCUT2D eigenvalue weighted by Gasteiger charge is -2.15. The number of aromatic carboxylic acids is 1. The highest BCUT2D eigenvalue weighted by Gasteiger charge is 2.17. The number of hydrogen-bond donors (Lipinski definition) is 1. The van der Waals surface area contributed by atoms with Crippen LogP contribution in [-0.4, -0.2) is 14.4 Å². The maximum absolute atomic E-state index is 12.5. The monoisotopic (exact) mass is 361 g/mol. The van der Waals surface area contributed by atoms with Gasteiger partial charge in [0.15, 0.2) is 0 Å². The number of nitrogens with one attached hydrogen (secondary N) is 1. The number of nitriles is 1. The maximum atomic E-state index is 12.5. The van der Waals surface area contributed by atoms with Crippen molar-refractivity contribution in [2.24, 2.45) is 0 Å². The second kappa shape index (κ2) is 6.95. The van der Waals surface area contributed by atoms with E-state index in [4.69, 9.17) is 5.26 Å². The van der Waals surface area contributed by atoms with Crippen LogP contribution in [0.5, 0.6) is 0 Å². The van der Waals surface area contributed by atoms with E-state index in [1.807, 2.05) is 5.40 Å². The average molecular weight is 361 g/mol. The van der Waals surface area contributed by atoms with Crippen molar-refractivity contribution in [2.45, 2.75) is 23.6 Å². The largest absolute Gasteiger partial charge is 0.545 e. The van der Waals surface area contributed by atoms with Crippen LogP contribution in [0.4, 0.5) is 5.69 Å². The Morgan fingerprint density at radius 2 is 1.83 bits per heavy atom. The van der Waals surface area contributed by atoms with E-state index in [1.54, 1.807) is 26.0 Å². The summed E-state index contributed by atoms with van der Waals surface area (Å²) in [5.41, 5.74) is 1.50. The molecule has 0 bridgehead atoms. The van der Waals surface area contributed by atoms with Gasteiger partial charge >= 0.3 is 0 Å². The zero-order valence-corrected chi connectivity index (χ0v) is 14.5. The molecule has 24 heavy (non-hydrogen) atoms. The van der Waals surface area contributed by atoms with Crippen molar-refractivity contribution < 1.29 is 18.3 Å². The zero-order valence-electron chi connectivity index (χ0n) is 12.9. The number of thiocyanates is 1. The fraction of sp³-hybridized carbons (Fsp3) is 0.125. The van der Waals surface area contributed by atoms with Crippen molar-refractivity contribution in [3.05, 3.63) is 53.1 Å². The molecule has 0 aliphatic heterocycles. The van der Waals surface area contributed by atoms with Crippen molar-refractivity contribution in [3.63, 3.8) is 0 Å². The van der Waals surface area contributed by atoms with Gasteiger partial charge in [-0.05, 0) is 66.6 Å². The number of thioether (sulfide) groups is 1. The predicted octanol–water partition coefficient (Wildman–Crippen LogP) is 2.04. The summed E-state index contributed by atoms with van der Waals surface area (Å²) >= 11 is 0.988. The summed E-state index contributed by atoms with van der Waals surface area (Å²) in [6, 6.07) is 8.36. The molecule has 124 valence electrons. The quantitative estimate of drug-likeness (QED) is 0.644. The van der Waals surface area contributed by atoms with E-state index < -0.39 is 16.0 Å². The first-order valence-corrected chi connectivity index (χ1v) is 9.06. The molecule has 1 N–H and O–H groups in total. The van der Waals surface area contributed by atoms with E-state index in [-0.39, 0.29) is 10.5 Å². The number of carboxylic acid groups (broad SMARTS) is 1. The van der Waals surface area contributed by atoms with Crippen LogP contribution >= 0.6 is 11.8 Å². The molecule has 0 radical (unpaired) electrons. The fourth-order valence-corrected chi connectivity index (χ4v) is 4.01. The zero-order chi connectivity index (χ0) is 17.9. The van der Waals surface area contributed by atoms with Crippen molar-refractivity contribution in [2.75, 3.05) is 4.72 Å². The number of carbonyl (C=O) groups excluding carboxylic acids is 1. The van der Waals surface area contributed by atoms with E-state index in [1.165, 1.54) is 18.2 Å². The van der Waals surface area contributed by atoms with Crippen molar-refractivity contribution in [1.82, 2.24) is 0 Å². The Morgan fingerprint density at radius 1 is 1.21 bits per heavy atom. The molecule has 0 amide bonds. The number of anilines is 1. The highest BCUT2D eigenvalue weighted by atomic mass is 32.2. The van der Waals surface area contributed by atoms with E-state index in [9.17, 15) is 18.3 Å². The Hall–Kier alpha value is -2.50. The Labute approximate surface area is 144 Å². The first kappa shape index (κ1) is 17.8. The van der Waals surface area contributed by atoms with Crippen LogP contribution in [0.15, 0.2) is 46.2 Å². The minimum absolute atomic E-state index is 0.168. The Balaban J connectivity index is 2.42. The standard InChI is InChI=1S/C16H14N2O4S2/c1-10-6-13(23-9-17)7-11(2)15(10)18-24(21,22)14-5-3-4-12(8-14)16(19)20/h3-8,18H,1-2H3,(H,19,20)/p-1. The van der Waals surface area contributed by atoms with Gasteiger partial charge in [0, 0.05) is 4.90 Å². The van der Waals surface area contributed by atoms with Crippen LogP contribution < -0.4 is 9.83 Å². The number of rotatable bonds is 5. The van der Waals surface area contributed by atoms with Crippen LogP contribution in [0.3, 0.4) is 0 Å². The molecule has 0 fully saturated rings. The fourth-order valence-electron chi connectivity index (χ4n) is 2.18. The molecule has 0 atom stereocenters. The van der Waals surface area contributed by atoms with Gasteiger partial charge in [-0.25, -0.2) is 8.42 Å². The van der Waals surface area contributed by atoms with E-state index >= 15 is 0 Å². The summed E-state index contributed by atoms with van der Waals surface area (Å²) in [7, 11) is -3.95. The molecule has 0 aromatic heterocycles. The van der Waals surface area contributed by atoms with E-state index in [0.29, 0.717) is 16.8 Å². The summed E-state index contributed by atoms with van der Waals surface area (Å²) in [5, 5.41) is 21.6. The number of benzene rings is 2. The molecule has 2 aromatic rings. The maximum Gasteiger partial charge on any atom is 0.261 e. The highest BCUT2D eigenvalue weighted by Crippen LogP contribution is 2.29. The summed E-state index contributed by atoms with van der Waals surface area (Å²) in [4.78, 5) is 11.4. The molecule has 0 saturated heterocycles. The number of carboxylic acids is 1. The molecular weight excluding hydrogens is 348 g/mol. The van der Waals surface area contributed by atoms with Crippen LogP contribution in [-0.2, 0) is 10.0 Å². The lowest BCUT2D eigenvalue weighted by molar-refractivity contribution is -0.255. The molecule has 2 rings (SSSR count). The molecule has 0 saturated carbocycles. The molecule has 6 nitrogen and oxygen atoms in total. The first-order valence-electron chi connectivity index (χ1n) is 6.76. The third kappa shape index (κ3) is 3.88. The normalized spacial score (nSPS) is 10.9. The van der Waals surface area contributed by atoms with Crippen LogP contribution in [0.1, 0.15) is 21.5 Å². The van der Waals surface area contributed by atoms with Gasteiger partial charge in [0.2, 0.25) is 0 Å². The van der Waals surface area contributed by atoms with Crippen LogP contribution in [0, 0.1) is 24.5 Å². The third-order valence-corrected chi connectivity index (χ3v) is 5.20. The van der Waals surface area contributed by atoms with Crippen molar-refractivity contribution in [1.29, 1.82) is 5.26 Å². The third-order valence-electron chi connectivity index (χ3n) is 3.29. The van der Waals surface area contributed by atoms with Gasteiger partial charge in [-0.1, -0.05) is 12.1 Å². The molecule has 2 aromatic carbocycles. The smallest absolute Gasteiger partial charge is 0.261 e. The SMILES string of the molecule is Cc1cc(SC#N)cc(C)c1NS(=O)(=O)c1cccc(C(=O)[O-])c1. The lowest BCUT2D eigenvalue weighted by atomic mass is 10.1. The topological polar surface area (TPSA) is 110 Å². The van der Waals surface area contributed by atoms with Crippen molar-refractivity contribution in [3.8, 4) is 5.40 Å². The lowest BCUT2D eigenvalue weighted by Crippen LogP contribution is -2.23. The predicted molar refractivity (Wildman–Crippen MR) is 89.0 cm³/mol. The molecule has 0 heterocycles.